The minimum absolute atomic E-state index is 0.156. The Bertz CT molecular complexity index is 570. The second kappa shape index (κ2) is 7.38. The van der Waals surface area contributed by atoms with E-state index in [1.54, 1.807) is 12.3 Å². The maximum Gasteiger partial charge on any atom is 0.213 e. The molecular formula is C16H20N2O3. The minimum Gasteiger partial charge on any atom is -0.504 e. The molecule has 21 heavy (non-hydrogen) atoms. The molecule has 0 amide bonds. The third-order valence-corrected chi connectivity index (χ3v) is 2.85. The monoisotopic (exact) mass is 288 g/mol. The molecule has 0 aliphatic carbocycles. The Kier molecular flexibility index (Phi) is 5.26. The lowest BCUT2D eigenvalue weighted by Crippen LogP contribution is -2.01. The van der Waals surface area contributed by atoms with Gasteiger partial charge >= 0.3 is 0 Å². The summed E-state index contributed by atoms with van der Waals surface area (Å²) in [6.45, 7) is 5.56. The highest BCUT2D eigenvalue weighted by molar-refractivity contribution is 5.45. The third kappa shape index (κ3) is 4.27. The minimum atomic E-state index is 0.156. The summed E-state index contributed by atoms with van der Waals surface area (Å²) in [4.78, 5) is 4.19. The number of aromatic hydroxyl groups is 1. The molecule has 2 N–H and O–H groups in total. The quantitative estimate of drug-likeness (QED) is 0.819. The Balaban J connectivity index is 1.97. The summed E-state index contributed by atoms with van der Waals surface area (Å²) in [5.41, 5.74) is 1.93. The zero-order valence-corrected chi connectivity index (χ0v) is 12.3. The van der Waals surface area contributed by atoms with E-state index >= 15 is 0 Å². The van der Waals surface area contributed by atoms with Crippen molar-refractivity contribution in [3.8, 4) is 17.4 Å². The molecule has 0 atom stereocenters. The molecule has 0 spiro atoms. The normalized spacial score (nSPS) is 10.2. The third-order valence-electron chi connectivity index (χ3n) is 2.85. The van der Waals surface area contributed by atoms with Gasteiger partial charge in [-0.15, -0.1) is 0 Å². The van der Waals surface area contributed by atoms with Crippen LogP contribution in [0.4, 0.5) is 5.69 Å². The van der Waals surface area contributed by atoms with Crippen LogP contribution in [0.25, 0.3) is 0 Å². The molecule has 112 valence electrons. The van der Waals surface area contributed by atoms with E-state index < -0.39 is 0 Å². The van der Waals surface area contributed by atoms with Gasteiger partial charge in [-0.05, 0) is 37.6 Å². The topological polar surface area (TPSA) is 63.6 Å². The summed E-state index contributed by atoms with van der Waals surface area (Å²) in [5.74, 6) is 1.27. The molecule has 0 fully saturated rings. The van der Waals surface area contributed by atoms with Crippen LogP contribution < -0.4 is 14.8 Å². The molecule has 2 rings (SSSR count). The number of hydrogen-bond donors (Lipinski definition) is 2. The summed E-state index contributed by atoms with van der Waals surface area (Å²) in [7, 11) is 0. The summed E-state index contributed by atoms with van der Waals surface area (Å²) in [6.07, 6.45) is 1.73. The largest absolute Gasteiger partial charge is 0.504 e. The molecule has 2 aromatic rings. The predicted molar refractivity (Wildman–Crippen MR) is 82.0 cm³/mol. The van der Waals surface area contributed by atoms with Crippen LogP contribution in [0, 0.1) is 0 Å². The number of phenolic OH excluding ortho intramolecular Hbond substituents is 1. The van der Waals surface area contributed by atoms with E-state index in [1.165, 1.54) is 0 Å². The summed E-state index contributed by atoms with van der Waals surface area (Å²) in [6, 6.07) is 9.06. The number of benzene rings is 1. The van der Waals surface area contributed by atoms with Crippen molar-refractivity contribution in [3.05, 3.63) is 42.1 Å². The lowest BCUT2D eigenvalue weighted by molar-refractivity contribution is 0.318. The van der Waals surface area contributed by atoms with E-state index in [1.807, 2.05) is 38.1 Å². The smallest absolute Gasteiger partial charge is 0.213 e. The van der Waals surface area contributed by atoms with Gasteiger partial charge in [0.25, 0.3) is 0 Å². The van der Waals surface area contributed by atoms with Crippen LogP contribution in [0.5, 0.6) is 17.4 Å². The molecule has 0 saturated carbocycles. The average molecular weight is 288 g/mol. The molecule has 0 saturated heterocycles. The average Bonchev–Trinajstić information content (AvgIpc) is 2.50. The highest BCUT2D eigenvalue weighted by Crippen LogP contribution is 2.27. The number of nitrogens with one attached hydrogen (secondary N) is 1. The molecule has 0 bridgehead atoms. The van der Waals surface area contributed by atoms with Crippen LogP contribution in [0.15, 0.2) is 36.5 Å². The molecule has 0 unspecified atom stereocenters. The van der Waals surface area contributed by atoms with Crippen molar-refractivity contribution in [3.63, 3.8) is 0 Å². The van der Waals surface area contributed by atoms with Gasteiger partial charge in [0.05, 0.1) is 25.1 Å². The highest BCUT2D eigenvalue weighted by Gasteiger charge is 2.04. The van der Waals surface area contributed by atoms with Crippen LogP contribution in [-0.2, 0) is 6.54 Å². The van der Waals surface area contributed by atoms with Crippen LogP contribution in [0.1, 0.15) is 19.4 Å². The van der Waals surface area contributed by atoms with E-state index in [-0.39, 0.29) is 5.75 Å². The summed E-state index contributed by atoms with van der Waals surface area (Å²) in [5, 5.41) is 12.9. The number of ether oxygens (including phenoxy) is 2. The fourth-order valence-corrected chi connectivity index (χ4v) is 1.86. The lowest BCUT2D eigenvalue weighted by atomic mass is 10.2. The maximum absolute atomic E-state index is 9.66. The molecular weight excluding hydrogens is 268 g/mol. The van der Waals surface area contributed by atoms with Gasteiger partial charge in [-0.1, -0.05) is 6.07 Å². The van der Waals surface area contributed by atoms with Crippen molar-refractivity contribution in [2.24, 2.45) is 0 Å². The standard InChI is InChI=1S/C16H20N2O3/c1-3-20-15-9-12(5-7-14(15)19)10-17-13-6-8-16(18-11-13)21-4-2/h5-9,11,17,19H,3-4,10H2,1-2H3. The molecule has 1 heterocycles. The van der Waals surface area contributed by atoms with E-state index in [2.05, 4.69) is 10.3 Å². The summed E-state index contributed by atoms with van der Waals surface area (Å²) < 4.78 is 10.7. The van der Waals surface area contributed by atoms with Gasteiger partial charge in [0, 0.05) is 12.6 Å². The van der Waals surface area contributed by atoms with Crippen LogP contribution in [0.3, 0.4) is 0 Å². The zero-order valence-electron chi connectivity index (χ0n) is 12.3. The van der Waals surface area contributed by atoms with Gasteiger partial charge in [0.15, 0.2) is 11.5 Å². The first-order valence-corrected chi connectivity index (χ1v) is 7.00. The van der Waals surface area contributed by atoms with Crippen molar-refractivity contribution >= 4 is 5.69 Å². The first-order chi connectivity index (χ1) is 10.2. The molecule has 1 aromatic heterocycles. The Morgan fingerprint density at radius 2 is 1.90 bits per heavy atom. The fourth-order valence-electron chi connectivity index (χ4n) is 1.86. The molecule has 5 nitrogen and oxygen atoms in total. The van der Waals surface area contributed by atoms with Crippen LogP contribution in [0.2, 0.25) is 0 Å². The maximum atomic E-state index is 9.66. The van der Waals surface area contributed by atoms with Crippen molar-refractivity contribution < 1.29 is 14.6 Å². The molecule has 0 aliphatic heterocycles. The van der Waals surface area contributed by atoms with Crippen LogP contribution >= 0.6 is 0 Å². The fraction of sp³-hybridized carbons (Fsp3) is 0.312. The Morgan fingerprint density at radius 1 is 1.10 bits per heavy atom. The van der Waals surface area contributed by atoms with E-state index in [4.69, 9.17) is 9.47 Å². The second-order valence-corrected chi connectivity index (χ2v) is 4.41. The number of hydrogen-bond acceptors (Lipinski definition) is 5. The molecule has 0 radical (unpaired) electrons. The van der Waals surface area contributed by atoms with E-state index in [0.29, 0.717) is 31.4 Å². The van der Waals surface area contributed by atoms with Gasteiger partial charge in [-0.2, -0.15) is 0 Å². The number of pyridine rings is 1. The van der Waals surface area contributed by atoms with Crippen molar-refractivity contribution in [2.45, 2.75) is 20.4 Å². The highest BCUT2D eigenvalue weighted by atomic mass is 16.5. The van der Waals surface area contributed by atoms with Gasteiger partial charge in [-0.3, -0.25) is 0 Å². The number of anilines is 1. The first kappa shape index (κ1) is 15.0. The van der Waals surface area contributed by atoms with Gasteiger partial charge in [0.2, 0.25) is 5.88 Å². The van der Waals surface area contributed by atoms with Gasteiger partial charge < -0.3 is 19.9 Å². The number of nitrogens with zero attached hydrogens (tertiary/aromatic N) is 1. The van der Waals surface area contributed by atoms with Crippen molar-refractivity contribution in [2.75, 3.05) is 18.5 Å². The Labute approximate surface area is 124 Å². The molecule has 5 heteroatoms. The van der Waals surface area contributed by atoms with Crippen LogP contribution in [-0.4, -0.2) is 23.3 Å². The zero-order chi connectivity index (χ0) is 15.1. The van der Waals surface area contributed by atoms with Crippen molar-refractivity contribution in [1.29, 1.82) is 0 Å². The molecule has 0 aliphatic rings. The SMILES string of the molecule is CCOc1ccc(NCc2ccc(O)c(OCC)c2)cn1. The summed E-state index contributed by atoms with van der Waals surface area (Å²) >= 11 is 0. The molecule has 1 aromatic carbocycles. The predicted octanol–water partition coefficient (Wildman–Crippen LogP) is 3.20. The Morgan fingerprint density at radius 3 is 2.57 bits per heavy atom. The van der Waals surface area contributed by atoms with E-state index in [0.717, 1.165) is 11.3 Å². The van der Waals surface area contributed by atoms with Crippen molar-refractivity contribution in [1.82, 2.24) is 4.98 Å². The van der Waals surface area contributed by atoms with Gasteiger partial charge in [-0.25, -0.2) is 4.98 Å². The number of aromatic nitrogens is 1. The number of phenols is 1. The second-order valence-electron chi connectivity index (χ2n) is 4.41. The van der Waals surface area contributed by atoms with E-state index in [9.17, 15) is 5.11 Å². The lowest BCUT2D eigenvalue weighted by Gasteiger charge is -2.10. The number of rotatable bonds is 7. The Hall–Kier alpha value is -2.43. The first-order valence-electron chi connectivity index (χ1n) is 7.00. The van der Waals surface area contributed by atoms with Gasteiger partial charge in [0.1, 0.15) is 0 Å².